The Kier molecular flexibility index (Phi) is 5.42. The van der Waals surface area contributed by atoms with Crippen LogP contribution >= 0.6 is 11.6 Å². The summed E-state index contributed by atoms with van der Waals surface area (Å²) in [4.78, 5) is 0. The maximum atomic E-state index is 11.8. The van der Waals surface area contributed by atoms with Crippen molar-refractivity contribution in [3.8, 4) is 0 Å². The van der Waals surface area contributed by atoms with Gasteiger partial charge < -0.3 is 4.52 Å². The second-order valence-corrected chi connectivity index (χ2v) is 6.47. The van der Waals surface area contributed by atoms with Crippen molar-refractivity contribution in [3.63, 3.8) is 0 Å². The van der Waals surface area contributed by atoms with Gasteiger partial charge >= 0.3 is 0 Å². The lowest BCUT2D eigenvalue weighted by Gasteiger charge is -2.15. The number of unbranched alkanes of at least 4 members (excludes halogenated alkanes) is 1. The van der Waals surface area contributed by atoms with E-state index in [0.717, 1.165) is 0 Å². The van der Waals surface area contributed by atoms with Gasteiger partial charge in [0.1, 0.15) is 5.76 Å². The number of rotatable bonds is 7. The molecule has 1 aromatic rings. The van der Waals surface area contributed by atoms with Crippen LogP contribution in [0.1, 0.15) is 24.3 Å². The maximum absolute atomic E-state index is 11.8. The normalized spacial score (nSPS) is 12.2. The summed E-state index contributed by atoms with van der Waals surface area (Å²) in [6.07, 6.45) is 1.28. The topological polar surface area (TPSA) is 63.4 Å². The molecule has 7 heteroatoms. The van der Waals surface area contributed by atoms with E-state index >= 15 is 0 Å². The Bertz CT molecular complexity index is 444. The highest BCUT2D eigenvalue weighted by Crippen LogP contribution is 2.09. The summed E-state index contributed by atoms with van der Waals surface area (Å²) in [6, 6.07) is 1.73. The predicted octanol–water partition coefficient (Wildman–Crippen LogP) is 1.76. The molecule has 5 nitrogen and oxygen atoms in total. The monoisotopic (exact) mass is 280 g/mol. The van der Waals surface area contributed by atoms with Crippen LogP contribution in [0.3, 0.4) is 0 Å². The molecule has 0 fully saturated rings. The zero-order valence-corrected chi connectivity index (χ0v) is 11.6. The molecule has 0 aromatic carbocycles. The van der Waals surface area contributed by atoms with Crippen LogP contribution in [0.15, 0.2) is 10.6 Å². The maximum Gasteiger partial charge on any atom is 0.214 e. The van der Waals surface area contributed by atoms with Gasteiger partial charge in [-0.05, 0) is 19.8 Å². The lowest BCUT2D eigenvalue weighted by molar-refractivity contribution is 0.378. The van der Waals surface area contributed by atoms with Crippen LogP contribution in [-0.2, 0) is 16.6 Å². The summed E-state index contributed by atoms with van der Waals surface area (Å²) in [7, 11) is -1.69. The van der Waals surface area contributed by atoms with Crippen molar-refractivity contribution in [1.82, 2.24) is 9.46 Å². The lowest BCUT2D eigenvalue weighted by Crippen LogP contribution is -2.29. The fraction of sp³-hybridized carbons (Fsp3) is 0.700. The summed E-state index contributed by atoms with van der Waals surface area (Å²) in [6.45, 7) is 2.01. The minimum atomic E-state index is -3.23. The van der Waals surface area contributed by atoms with Crippen LogP contribution in [0.25, 0.3) is 0 Å². The summed E-state index contributed by atoms with van der Waals surface area (Å²) in [5.41, 5.74) is 0.617. The first-order chi connectivity index (χ1) is 7.95. The molecular weight excluding hydrogens is 264 g/mol. The highest BCUT2D eigenvalue weighted by molar-refractivity contribution is 7.89. The number of nitrogens with zero attached hydrogens (tertiary/aromatic N) is 2. The smallest absolute Gasteiger partial charge is 0.214 e. The van der Waals surface area contributed by atoms with Gasteiger partial charge in [0, 0.05) is 19.0 Å². The van der Waals surface area contributed by atoms with Crippen molar-refractivity contribution < 1.29 is 12.9 Å². The van der Waals surface area contributed by atoms with E-state index in [2.05, 4.69) is 5.16 Å². The van der Waals surface area contributed by atoms with Gasteiger partial charge in [-0.1, -0.05) is 5.16 Å². The van der Waals surface area contributed by atoms with Crippen molar-refractivity contribution in [2.24, 2.45) is 0 Å². The third-order valence-corrected chi connectivity index (χ3v) is 4.47. The Hall–Kier alpha value is -0.590. The lowest BCUT2D eigenvalue weighted by atomic mass is 10.4. The SMILES string of the molecule is Cc1cc(CN(C)S(=O)(=O)CCCCCl)no1. The van der Waals surface area contributed by atoms with Crippen LogP contribution in [0.5, 0.6) is 0 Å². The van der Waals surface area contributed by atoms with Gasteiger partial charge in [-0.15, -0.1) is 11.6 Å². The zero-order chi connectivity index (χ0) is 12.9. The molecule has 0 unspecified atom stereocenters. The number of halogens is 1. The molecule has 17 heavy (non-hydrogen) atoms. The minimum Gasteiger partial charge on any atom is -0.361 e. The number of aryl methyl sites for hydroxylation is 1. The molecule has 0 aliphatic rings. The van der Waals surface area contributed by atoms with Gasteiger partial charge in [-0.3, -0.25) is 0 Å². The Morgan fingerprint density at radius 1 is 1.47 bits per heavy atom. The third-order valence-electron chi connectivity index (χ3n) is 2.32. The molecule has 0 atom stereocenters. The van der Waals surface area contributed by atoms with Crippen LogP contribution in [0.2, 0.25) is 0 Å². The largest absolute Gasteiger partial charge is 0.361 e. The van der Waals surface area contributed by atoms with Gasteiger partial charge in [0.2, 0.25) is 10.0 Å². The van der Waals surface area contributed by atoms with E-state index < -0.39 is 10.0 Å². The van der Waals surface area contributed by atoms with E-state index in [9.17, 15) is 8.42 Å². The molecular formula is C10H17ClN2O3S. The number of sulfonamides is 1. The molecule has 0 N–H and O–H groups in total. The second-order valence-electron chi connectivity index (χ2n) is 3.90. The first-order valence-corrected chi connectivity index (χ1v) is 7.52. The fourth-order valence-corrected chi connectivity index (χ4v) is 2.75. The predicted molar refractivity (Wildman–Crippen MR) is 66.4 cm³/mol. The molecule has 1 aromatic heterocycles. The molecule has 0 saturated carbocycles. The highest BCUT2D eigenvalue weighted by Gasteiger charge is 2.18. The Morgan fingerprint density at radius 2 is 2.18 bits per heavy atom. The van der Waals surface area contributed by atoms with Gasteiger partial charge in [-0.25, -0.2) is 8.42 Å². The van der Waals surface area contributed by atoms with Crippen molar-refractivity contribution in [2.75, 3.05) is 18.7 Å². The molecule has 1 heterocycles. The number of hydrogen-bond donors (Lipinski definition) is 0. The average Bonchev–Trinajstić information content (AvgIpc) is 2.64. The van der Waals surface area contributed by atoms with Gasteiger partial charge in [0.25, 0.3) is 0 Å². The van der Waals surface area contributed by atoms with Crippen LogP contribution in [0.4, 0.5) is 0 Å². The van der Waals surface area contributed by atoms with Crippen LogP contribution < -0.4 is 0 Å². The van der Waals surface area contributed by atoms with E-state index in [0.29, 0.717) is 30.2 Å². The number of hydrogen-bond acceptors (Lipinski definition) is 4. The molecule has 0 bridgehead atoms. The summed E-state index contributed by atoms with van der Waals surface area (Å²) in [5.74, 6) is 1.28. The molecule has 0 saturated heterocycles. The van der Waals surface area contributed by atoms with Crippen molar-refractivity contribution >= 4 is 21.6 Å². The van der Waals surface area contributed by atoms with Crippen molar-refractivity contribution in [2.45, 2.75) is 26.3 Å². The Morgan fingerprint density at radius 3 is 2.71 bits per heavy atom. The Balaban J connectivity index is 2.53. The third kappa shape index (κ3) is 4.65. The number of alkyl halides is 1. The average molecular weight is 281 g/mol. The van der Waals surface area contributed by atoms with Gasteiger partial charge in [-0.2, -0.15) is 4.31 Å². The van der Waals surface area contributed by atoms with Crippen molar-refractivity contribution in [1.29, 1.82) is 0 Å². The van der Waals surface area contributed by atoms with E-state index in [1.54, 1.807) is 20.0 Å². The van der Waals surface area contributed by atoms with Gasteiger partial charge in [0.05, 0.1) is 18.0 Å². The zero-order valence-electron chi connectivity index (χ0n) is 10.0. The van der Waals surface area contributed by atoms with E-state index in [-0.39, 0.29) is 12.3 Å². The van der Waals surface area contributed by atoms with Crippen LogP contribution in [-0.4, -0.2) is 36.6 Å². The molecule has 0 spiro atoms. The first kappa shape index (κ1) is 14.5. The standard InChI is InChI=1S/C10H17ClN2O3S/c1-9-7-10(12-16-9)8-13(2)17(14,15)6-4-3-5-11/h7H,3-6,8H2,1-2H3. The van der Waals surface area contributed by atoms with Crippen molar-refractivity contribution in [3.05, 3.63) is 17.5 Å². The van der Waals surface area contributed by atoms with E-state index in [4.69, 9.17) is 16.1 Å². The highest BCUT2D eigenvalue weighted by atomic mass is 35.5. The summed E-state index contributed by atoms with van der Waals surface area (Å²) in [5, 5.41) is 3.76. The second kappa shape index (κ2) is 6.37. The molecule has 98 valence electrons. The quantitative estimate of drug-likeness (QED) is 0.564. The first-order valence-electron chi connectivity index (χ1n) is 5.38. The minimum absolute atomic E-state index is 0.118. The van der Waals surface area contributed by atoms with E-state index in [1.807, 2.05) is 0 Å². The van der Waals surface area contributed by atoms with Crippen LogP contribution in [0, 0.1) is 6.92 Å². The molecule has 0 aliphatic carbocycles. The fourth-order valence-electron chi connectivity index (χ4n) is 1.35. The molecule has 0 aliphatic heterocycles. The summed E-state index contributed by atoms with van der Waals surface area (Å²) >= 11 is 5.51. The number of aromatic nitrogens is 1. The molecule has 0 amide bonds. The van der Waals surface area contributed by atoms with E-state index in [1.165, 1.54) is 4.31 Å². The Labute approximate surface area is 107 Å². The molecule has 1 rings (SSSR count). The summed E-state index contributed by atoms with van der Waals surface area (Å²) < 4.78 is 29.9. The molecule has 0 radical (unpaired) electrons. The van der Waals surface area contributed by atoms with Gasteiger partial charge in [0.15, 0.2) is 0 Å².